The Morgan fingerprint density at radius 1 is 1.53 bits per heavy atom. The van der Waals surface area contributed by atoms with Gasteiger partial charge in [0.15, 0.2) is 0 Å². The SMILES string of the molecule is CCOC(=O)c1c(N)n(C)c2cc([N+](=O)[O-])ccc12. The first-order chi connectivity index (χ1) is 8.97. The standard InChI is InChI=1S/C12H13N3O4/c1-3-19-12(16)10-8-5-4-7(15(17)18)6-9(8)14(2)11(10)13/h4-6H,3,13H2,1-2H3. The van der Waals surface area contributed by atoms with E-state index in [2.05, 4.69) is 0 Å². The van der Waals surface area contributed by atoms with Gasteiger partial charge in [-0.3, -0.25) is 10.1 Å². The summed E-state index contributed by atoms with van der Waals surface area (Å²) in [6, 6.07) is 4.23. The summed E-state index contributed by atoms with van der Waals surface area (Å²) in [6.07, 6.45) is 0. The van der Waals surface area contributed by atoms with Crippen LogP contribution in [0, 0.1) is 10.1 Å². The number of nitrogens with two attached hydrogens (primary N) is 1. The number of benzene rings is 1. The van der Waals surface area contributed by atoms with Crippen LogP contribution in [0.15, 0.2) is 18.2 Å². The molecule has 0 fully saturated rings. The van der Waals surface area contributed by atoms with Gasteiger partial charge in [0.1, 0.15) is 11.4 Å². The summed E-state index contributed by atoms with van der Waals surface area (Å²) in [5, 5.41) is 11.3. The summed E-state index contributed by atoms with van der Waals surface area (Å²) in [5.41, 5.74) is 6.58. The quantitative estimate of drug-likeness (QED) is 0.517. The Labute approximate surface area is 108 Å². The van der Waals surface area contributed by atoms with E-state index in [1.165, 1.54) is 22.8 Å². The number of nitro benzene ring substituents is 1. The number of hydrogen-bond donors (Lipinski definition) is 1. The number of hydrogen-bond acceptors (Lipinski definition) is 5. The molecular formula is C12H13N3O4. The zero-order valence-electron chi connectivity index (χ0n) is 10.5. The van der Waals surface area contributed by atoms with E-state index in [1.807, 2.05) is 0 Å². The van der Waals surface area contributed by atoms with Gasteiger partial charge < -0.3 is 15.0 Å². The van der Waals surface area contributed by atoms with Gasteiger partial charge in [0.05, 0.1) is 17.0 Å². The van der Waals surface area contributed by atoms with Crippen LogP contribution in [0.3, 0.4) is 0 Å². The van der Waals surface area contributed by atoms with Crippen LogP contribution in [0.25, 0.3) is 10.9 Å². The summed E-state index contributed by atoms with van der Waals surface area (Å²) < 4.78 is 6.48. The van der Waals surface area contributed by atoms with Gasteiger partial charge in [0.2, 0.25) is 0 Å². The van der Waals surface area contributed by atoms with E-state index >= 15 is 0 Å². The molecule has 7 heteroatoms. The molecule has 7 nitrogen and oxygen atoms in total. The van der Waals surface area contributed by atoms with E-state index in [4.69, 9.17) is 10.5 Å². The fraction of sp³-hybridized carbons (Fsp3) is 0.250. The van der Waals surface area contributed by atoms with Crippen molar-refractivity contribution < 1.29 is 14.5 Å². The summed E-state index contributed by atoms with van der Waals surface area (Å²) >= 11 is 0. The lowest BCUT2D eigenvalue weighted by molar-refractivity contribution is -0.384. The molecule has 1 aromatic heterocycles. The van der Waals surface area contributed by atoms with E-state index in [1.54, 1.807) is 14.0 Å². The van der Waals surface area contributed by atoms with E-state index in [-0.39, 0.29) is 23.7 Å². The van der Waals surface area contributed by atoms with Crippen molar-refractivity contribution in [2.45, 2.75) is 6.92 Å². The van der Waals surface area contributed by atoms with Crippen molar-refractivity contribution in [2.75, 3.05) is 12.3 Å². The van der Waals surface area contributed by atoms with Gasteiger partial charge in [0, 0.05) is 24.6 Å². The predicted octanol–water partition coefficient (Wildman–Crippen LogP) is 1.85. The molecule has 0 aliphatic carbocycles. The van der Waals surface area contributed by atoms with Crippen LogP contribution >= 0.6 is 0 Å². The molecule has 0 spiro atoms. The first-order valence-electron chi connectivity index (χ1n) is 5.66. The summed E-state index contributed by atoms with van der Waals surface area (Å²) in [7, 11) is 1.64. The molecule has 0 amide bonds. The Morgan fingerprint density at radius 2 is 2.21 bits per heavy atom. The zero-order valence-corrected chi connectivity index (χ0v) is 10.5. The number of rotatable bonds is 3. The number of carbonyl (C=O) groups excluding carboxylic acids is 1. The number of non-ortho nitro benzene ring substituents is 1. The Morgan fingerprint density at radius 3 is 2.79 bits per heavy atom. The Bertz CT molecular complexity index is 675. The maximum absolute atomic E-state index is 11.9. The van der Waals surface area contributed by atoms with Gasteiger partial charge in [-0.1, -0.05) is 0 Å². The third-order valence-corrected chi connectivity index (χ3v) is 2.92. The van der Waals surface area contributed by atoms with Crippen LogP contribution in [0.4, 0.5) is 11.5 Å². The Hall–Kier alpha value is -2.57. The lowest BCUT2D eigenvalue weighted by Crippen LogP contribution is -2.08. The number of ether oxygens (including phenoxy) is 1. The smallest absolute Gasteiger partial charge is 0.342 e. The van der Waals surface area contributed by atoms with Crippen LogP contribution in [-0.2, 0) is 11.8 Å². The highest BCUT2D eigenvalue weighted by Crippen LogP contribution is 2.30. The van der Waals surface area contributed by atoms with Crippen LogP contribution in [0.2, 0.25) is 0 Å². The lowest BCUT2D eigenvalue weighted by Gasteiger charge is -2.01. The van der Waals surface area contributed by atoms with Gasteiger partial charge in [-0.05, 0) is 13.0 Å². The number of fused-ring (bicyclic) bond motifs is 1. The number of esters is 1. The normalized spacial score (nSPS) is 10.6. The van der Waals surface area contributed by atoms with Crippen LogP contribution < -0.4 is 5.73 Å². The molecule has 100 valence electrons. The maximum atomic E-state index is 11.9. The zero-order chi connectivity index (χ0) is 14.2. The van der Waals surface area contributed by atoms with Gasteiger partial charge in [-0.15, -0.1) is 0 Å². The van der Waals surface area contributed by atoms with E-state index < -0.39 is 10.9 Å². The van der Waals surface area contributed by atoms with Crippen molar-refractivity contribution in [2.24, 2.45) is 7.05 Å². The van der Waals surface area contributed by atoms with Crippen molar-refractivity contribution in [3.63, 3.8) is 0 Å². The van der Waals surface area contributed by atoms with Gasteiger partial charge in [-0.25, -0.2) is 4.79 Å². The highest BCUT2D eigenvalue weighted by molar-refractivity contribution is 6.09. The van der Waals surface area contributed by atoms with Crippen LogP contribution in [0.5, 0.6) is 0 Å². The highest BCUT2D eigenvalue weighted by Gasteiger charge is 2.22. The van der Waals surface area contributed by atoms with Gasteiger partial charge >= 0.3 is 5.97 Å². The maximum Gasteiger partial charge on any atom is 0.342 e. The number of aromatic nitrogens is 1. The average Bonchev–Trinajstić information content (AvgIpc) is 2.62. The molecular weight excluding hydrogens is 250 g/mol. The number of anilines is 1. The van der Waals surface area contributed by atoms with Crippen LogP contribution in [0.1, 0.15) is 17.3 Å². The second-order valence-corrected chi connectivity index (χ2v) is 4.00. The largest absolute Gasteiger partial charge is 0.462 e. The fourth-order valence-electron chi connectivity index (χ4n) is 1.98. The number of aryl methyl sites for hydroxylation is 1. The minimum Gasteiger partial charge on any atom is -0.462 e. The van der Waals surface area contributed by atoms with Crippen molar-refractivity contribution in [1.29, 1.82) is 0 Å². The molecule has 2 N–H and O–H groups in total. The summed E-state index contributed by atoms with van der Waals surface area (Å²) in [6.45, 7) is 1.94. The van der Waals surface area contributed by atoms with Crippen molar-refractivity contribution in [1.82, 2.24) is 4.57 Å². The highest BCUT2D eigenvalue weighted by atomic mass is 16.6. The van der Waals surface area contributed by atoms with Crippen molar-refractivity contribution in [3.8, 4) is 0 Å². The minimum atomic E-state index is -0.528. The molecule has 0 saturated carbocycles. The molecule has 2 aromatic rings. The number of nitro groups is 1. The van der Waals surface area contributed by atoms with E-state index in [9.17, 15) is 14.9 Å². The second-order valence-electron chi connectivity index (χ2n) is 4.00. The second kappa shape index (κ2) is 4.60. The molecule has 0 unspecified atom stereocenters. The van der Waals surface area contributed by atoms with Crippen molar-refractivity contribution >= 4 is 28.4 Å². The average molecular weight is 263 g/mol. The third-order valence-electron chi connectivity index (χ3n) is 2.92. The number of nitrogen functional groups attached to an aromatic ring is 1. The Kier molecular flexibility index (Phi) is 3.12. The first-order valence-corrected chi connectivity index (χ1v) is 5.66. The van der Waals surface area contributed by atoms with E-state index in [0.29, 0.717) is 10.9 Å². The fourth-order valence-corrected chi connectivity index (χ4v) is 1.98. The molecule has 1 aromatic carbocycles. The molecule has 0 bridgehead atoms. The minimum absolute atomic E-state index is 0.0523. The Balaban J connectivity index is 2.70. The number of nitrogens with zero attached hydrogens (tertiary/aromatic N) is 2. The monoisotopic (exact) mass is 263 g/mol. The molecule has 1 heterocycles. The molecule has 0 aliphatic heterocycles. The third kappa shape index (κ3) is 1.99. The summed E-state index contributed by atoms with van der Waals surface area (Å²) in [4.78, 5) is 22.1. The molecule has 19 heavy (non-hydrogen) atoms. The van der Waals surface area contributed by atoms with Crippen LogP contribution in [-0.4, -0.2) is 22.1 Å². The predicted molar refractivity (Wildman–Crippen MR) is 69.9 cm³/mol. The van der Waals surface area contributed by atoms with Gasteiger partial charge in [-0.2, -0.15) is 0 Å². The van der Waals surface area contributed by atoms with Gasteiger partial charge in [0.25, 0.3) is 5.69 Å². The molecule has 0 radical (unpaired) electrons. The lowest BCUT2D eigenvalue weighted by atomic mass is 10.1. The molecule has 2 rings (SSSR count). The topological polar surface area (TPSA) is 100 Å². The van der Waals surface area contributed by atoms with E-state index in [0.717, 1.165) is 0 Å². The molecule has 0 saturated heterocycles. The summed E-state index contributed by atoms with van der Waals surface area (Å²) in [5.74, 6) is -0.298. The first kappa shape index (κ1) is 12.9. The number of carbonyl (C=O) groups is 1. The molecule has 0 atom stereocenters. The van der Waals surface area contributed by atoms with Crippen molar-refractivity contribution in [3.05, 3.63) is 33.9 Å². The molecule has 0 aliphatic rings.